The molecule has 120 valence electrons. The van der Waals surface area contributed by atoms with Crippen molar-refractivity contribution >= 4 is 0 Å². The fraction of sp³-hybridized carbons (Fsp3) is 0.667. The molecule has 0 aliphatic heterocycles. The second-order valence-electron chi connectivity index (χ2n) is 5.70. The normalized spacial score (nSPS) is 13.8. The van der Waals surface area contributed by atoms with Gasteiger partial charge >= 0.3 is 6.18 Å². The molecular weight excluding hydrogens is 281 g/mol. The maximum absolute atomic E-state index is 13.3. The van der Waals surface area contributed by atoms with Crippen LogP contribution in [-0.2, 0) is 19.6 Å². The van der Waals surface area contributed by atoms with Gasteiger partial charge in [-0.1, -0.05) is 13.8 Å². The second-order valence-corrected chi connectivity index (χ2v) is 5.70. The maximum atomic E-state index is 13.3. The fourth-order valence-corrected chi connectivity index (χ4v) is 2.31. The van der Waals surface area contributed by atoms with Gasteiger partial charge in [-0.2, -0.15) is 13.2 Å². The molecule has 0 saturated carbocycles. The average Bonchev–Trinajstić information content (AvgIpc) is 2.37. The Bertz CT molecular complexity index is 547. The Balaban J connectivity index is 3.49. The van der Waals surface area contributed by atoms with E-state index in [1.54, 1.807) is 0 Å². The van der Waals surface area contributed by atoms with Crippen LogP contribution in [-0.4, -0.2) is 30.1 Å². The third-order valence-corrected chi connectivity index (χ3v) is 3.76. The lowest BCUT2D eigenvalue weighted by molar-refractivity contribution is -0.144. The Morgan fingerprint density at radius 3 is 2.33 bits per heavy atom. The summed E-state index contributed by atoms with van der Waals surface area (Å²) in [5.41, 5.74) is -0.734. The topological polar surface area (TPSA) is 25.2 Å². The Hall–Kier alpha value is -1.30. The van der Waals surface area contributed by atoms with Crippen molar-refractivity contribution in [1.82, 2.24) is 9.47 Å². The molecule has 0 aliphatic rings. The number of aromatic nitrogens is 1. The number of hydrogen-bond acceptors (Lipinski definition) is 2. The maximum Gasteiger partial charge on any atom is 0.431 e. The Kier molecular flexibility index (Phi) is 5.61. The Morgan fingerprint density at radius 1 is 1.33 bits per heavy atom. The molecular formula is C15H23F3N2O. The summed E-state index contributed by atoms with van der Waals surface area (Å²) in [6.45, 7) is 4.28. The first kappa shape index (κ1) is 17.8. The minimum atomic E-state index is -4.52. The highest BCUT2D eigenvalue weighted by Crippen LogP contribution is 2.32. The molecule has 0 aromatic carbocycles. The van der Waals surface area contributed by atoms with Gasteiger partial charge in [-0.25, -0.2) is 0 Å². The van der Waals surface area contributed by atoms with Gasteiger partial charge in [-0.3, -0.25) is 4.79 Å². The van der Waals surface area contributed by atoms with E-state index >= 15 is 0 Å². The van der Waals surface area contributed by atoms with Gasteiger partial charge in [-0.15, -0.1) is 0 Å². The molecule has 1 heterocycles. The third kappa shape index (κ3) is 4.09. The van der Waals surface area contributed by atoms with Crippen LogP contribution in [0.5, 0.6) is 0 Å². The number of halogens is 3. The summed E-state index contributed by atoms with van der Waals surface area (Å²) in [6.07, 6.45) is -3.54. The van der Waals surface area contributed by atoms with Gasteiger partial charge in [0.05, 0.1) is 0 Å². The summed E-state index contributed by atoms with van der Waals surface area (Å²) in [6, 6.07) is 1.45. The monoisotopic (exact) mass is 304 g/mol. The molecule has 1 atom stereocenters. The highest BCUT2D eigenvalue weighted by molar-refractivity contribution is 5.31. The number of likely N-dealkylation sites (N-methyl/N-ethyl adjacent to an activating group) is 1. The van der Waals surface area contributed by atoms with Crippen LogP contribution in [0.3, 0.4) is 0 Å². The molecule has 6 heteroatoms. The number of pyridine rings is 1. The van der Waals surface area contributed by atoms with Crippen molar-refractivity contribution in [2.45, 2.75) is 38.8 Å². The average molecular weight is 304 g/mol. The molecule has 1 aromatic rings. The molecule has 1 aromatic heterocycles. The second kappa shape index (κ2) is 6.64. The predicted octanol–water partition coefficient (Wildman–Crippen LogP) is 3.02. The SMILES string of the molecule is CCC(C)c1cc(CCN(C)C)c(C(F)(F)F)n(C)c1=O. The lowest BCUT2D eigenvalue weighted by Crippen LogP contribution is -2.31. The van der Waals surface area contributed by atoms with E-state index in [1.165, 1.54) is 13.1 Å². The molecule has 3 nitrogen and oxygen atoms in total. The predicted molar refractivity (Wildman–Crippen MR) is 77.6 cm³/mol. The standard InChI is InChI=1S/C15H23F3N2O/c1-6-10(2)12-9-11(7-8-19(3)4)13(15(16,17)18)20(5)14(12)21/h9-10H,6-8H2,1-5H3. The van der Waals surface area contributed by atoms with Crippen molar-refractivity contribution in [3.63, 3.8) is 0 Å². The van der Waals surface area contributed by atoms with Crippen LogP contribution in [0.2, 0.25) is 0 Å². The summed E-state index contributed by atoms with van der Waals surface area (Å²) in [5.74, 6) is -0.0518. The molecule has 0 saturated heterocycles. The molecule has 21 heavy (non-hydrogen) atoms. The van der Waals surface area contributed by atoms with Gasteiger partial charge in [0.2, 0.25) is 0 Å². The molecule has 0 fully saturated rings. The lowest BCUT2D eigenvalue weighted by Gasteiger charge is -2.21. The molecule has 0 N–H and O–H groups in total. The zero-order valence-electron chi connectivity index (χ0n) is 13.2. The summed E-state index contributed by atoms with van der Waals surface area (Å²) in [5, 5.41) is 0. The summed E-state index contributed by atoms with van der Waals surface area (Å²) >= 11 is 0. The number of alkyl halides is 3. The van der Waals surface area contributed by atoms with E-state index in [4.69, 9.17) is 0 Å². The van der Waals surface area contributed by atoms with E-state index in [9.17, 15) is 18.0 Å². The van der Waals surface area contributed by atoms with Crippen LogP contribution in [0, 0.1) is 0 Å². The van der Waals surface area contributed by atoms with E-state index in [1.807, 2.05) is 32.8 Å². The van der Waals surface area contributed by atoms with Crippen LogP contribution < -0.4 is 5.56 Å². The number of rotatable bonds is 5. The summed E-state index contributed by atoms with van der Waals surface area (Å²) in [4.78, 5) is 14.0. The smallest absolute Gasteiger partial charge is 0.309 e. The van der Waals surface area contributed by atoms with Gasteiger partial charge in [0.1, 0.15) is 5.69 Å². The van der Waals surface area contributed by atoms with Crippen molar-refractivity contribution in [2.24, 2.45) is 7.05 Å². The van der Waals surface area contributed by atoms with E-state index in [2.05, 4.69) is 0 Å². The highest BCUT2D eigenvalue weighted by atomic mass is 19.4. The van der Waals surface area contributed by atoms with Gasteiger partial charge in [0.25, 0.3) is 5.56 Å². The van der Waals surface area contributed by atoms with Gasteiger partial charge in [0.15, 0.2) is 0 Å². The van der Waals surface area contributed by atoms with E-state index in [-0.39, 0.29) is 17.9 Å². The fourth-order valence-electron chi connectivity index (χ4n) is 2.31. The Labute approximate surface area is 123 Å². The first-order valence-corrected chi connectivity index (χ1v) is 7.04. The van der Waals surface area contributed by atoms with Crippen LogP contribution in [0.1, 0.15) is 43.0 Å². The zero-order valence-corrected chi connectivity index (χ0v) is 13.2. The van der Waals surface area contributed by atoms with Crippen LogP contribution in [0.15, 0.2) is 10.9 Å². The quantitative estimate of drug-likeness (QED) is 0.835. The zero-order chi connectivity index (χ0) is 16.4. The first-order valence-electron chi connectivity index (χ1n) is 7.04. The molecule has 0 bridgehead atoms. The van der Waals surface area contributed by atoms with Crippen LogP contribution >= 0.6 is 0 Å². The third-order valence-electron chi connectivity index (χ3n) is 3.76. The summed E-state index contributed by atoms with van der Waals surface area (Å²) < 4.78 is 40.5. The lowest BCUT2D eigenvalue weighted by atomic mass is 9.96. The molecule has 0 radical (unpaired) electrons. The van der Waals surface area contributed by atoms with Crippen LogP contribution in [0.25, 0.3) is 0 Å². The largest absolute Gasteiger partial charge is 0.431 e. The van der Waals surface area contributed by atoms with Gasteiger partial charge in [0, 0.05) is 19.2 Å². The molecule has 1 rings (SSSR count). The van der Waals surface area contributed by atoms with E-state index in [0.29, 0.717) is 18.5 Å². The number of nitrogens with zero attached hydrogens (tertiary/aromatic N) is 2. The van der Waals surface area contributed by atoms with Gasteiger partial charge < -0.3 is 9.47 Å². The van der Waals surface area contributed by atoms with Crippen molar-refractivity contribution in [1.29, 1.82) is 0 Å². The first-order chi connectivity index (χ1) is 9.59. The van der Waals surface area contributed by atoms with Gasteiger partial charge in [-0.05, 0) is 44.5 Å². The molecule has 0 spiro atoms. The molecule has 0 amide bonds. The van der Waals surface area contributed by atoms with E-state index in [0.717, 1.165) is 4.57 Å². The van der Waals surface area contributed by atoms with E-state index < -0.39 is 17.4 Å². The van der Waals surface area contributed by atoms with Crippen molar-refractivity contribution < 1.29 is 13.2 Å². The molecule has 1 unspecified atom stereocenters. The highest BCUT2D eigenvalue weighted by Gasteiger charge is 2.37. The Morgan fingerprint density at radius 2 is 1.90 bits per heavy atom. The minimum Gasteiger partial charge on any atom is -0.309 e. The van der Waals surface area contributed by atoms with Crippen molar-refractivity contribution in [3.8, 4) is 0 Å². The summed E-state index contributed by atoms with van der Waals surface area (Å²) in [7, 11) is 4.83. The number of hydrogen-bond donors (Lipinski definition) is 0. The van der Waals surface area contributed by atoms with Crippen molar-refractivity contribution in [2.75, 3.05) is 20.6 Å². The minimum absolute atomic E-state index is 0.0518. The van der Waals surface area contributed by atoms with Crippen LogP contribution in [0.4, 0.5) is 13.2 Å². The van der Waals surface area contributed by atoms with Crippen molar-refractivity contribution in [3.05, 3.63) is 33.2 Å². The molecule has 0 aliphatic carbocycles.